The van der Waals surface area contributed by atoms with Crippen molar-refractivity contribution in [2.24, 2.45) is 5.92 Å². The van der Waals surface area contributed by atoms with Crippen LogP contribution in [-0.4, -0.2) is 0 Å². The molecule has 0 saturated carbocycles. The van der Waals surface area contributed by atoms with Crippen molar-refractivity contribution < 1.29 is 0 Å². The molecular formula is C31H45N. The van der Waals surface area contributed by atoms with E-state index in [0.717, 1.165) is 25.2 Å². The minimum Gasteiger partial charge on any atom is -0.315 e. The quantitative estimate of drug-likeness (QED) is 0.440. The molecule has 32 heavy (non-hydrogen) atoms. The van der Waals surface area contributed by atoms with Gasteiger partial charge < -0.3 is 4.90 Å². The number of allylic oxidation sites excluding steroid dienone is 5. The third-order valence-electron chi connectivity index (χ3n) is 5.03. The number of anilines is 1. The molecule has 174 valence electrons. The van der Waals surface area contributed by atoms with E-state index in [4.69, 9.17) is 0 Å². The first-order valence-electron chi connectivity index (χ1n) is 12.4. The monoisotopic (exact) mass is 431 g/mol. The van der Waals surface area contributed by atoms with E-state index in [-0.39, 0.29) is 0 Å². The molecule has 0 fully saturated rings. The maximum Gasteiger partial charge on any atom is 0.0458 e. The van der Waals surface area contributed by atoms with E-state index < -0.39 is 0 Å². The number of hydrogen-bond donors (Lipinski definition) is 0. The van der Waals surface area contributed by atoms with Crippen LogP contribution >= 0.6 is 0 Å². The summed E-state index contributed by atoms with van der Waals surface area (Å²) in [6, 6.07) is 19.7. The normalized spacial score (nSPS) is 13.9. The van der Waals surface area contributed by atoms with Gasteiger partial charge in [-0.25, -0.2) is 0 Å². The second kappa shape index (κ2) is 15.3. The van der Waals surface area contributed by atoms with Gasteiger partial charge in [-0.15, -0.1) is 0 Å². The average molecular weight is 432 g/mol. The molecule has 1 atom stereocenters. The molecular weight excluding hydrogens is 386 g/mol. The number of aryl methyl sites for hydroxylation is 1. The number of rotatable bonds is 6. The first kappa shape index (κ1) is 27.5. The third kappa shape index (κ3) is 9.30. The maximum atomic E-state index is 2.42. The predicted molar refractivity (Wildman–Crippen MR) is 145 cm³/mol. The summed E-state index contributed by atoms with van der Waals surface area (Å²) in [6.07, 6.45) is 12.4. The van der Waals surface area contributed by atoms with Gasteiger partial charge in [-0.2, -0.15) is 0 Å². The highest BCUT2D eigenvalue weighted by molar-refractivity contribution is 5.61. The zero-order valence-electron chi connectivity index (χ0n) is 21.7. The van der Waals surface area contributed by atoms with E-state index >= 15 is 0 Å². The molecule has 0 heterocycles. The maximum absolute atomic E-state index is 2.42. The zero-order chi connectivity index (χ0) is 23.9. The molecule has 0 spiro atoms. The van der Waals surface area contributed by atoms with Gasteiger partial charge in [0.1, 0.15) is 0 Å². The highest BCUT2D eigenvalue weighted by Crippen LogP contribution is 2.33. The Balaban J connectivity index is 0.000000769. The second-order valence-electron chi connectivity index (χ2n) is 8.81. The van der Waals surface area contributed by atoms with E-state index in [2.05, 4.69) is 125 Å². The predicted octanol–water partition coefficient (Wildman–Crippen LogP) is 9.82. The topological polar surface area (TPSA) is 3.24 Å². The SMILES string of the molecule is C/C=C(\CC(C)c1ccc(C)cc1)N(C1=CCCC=C1)c1ccccc1.CC.CC(C)C. The number of para-hydroxylation sites is 1. The van der Waals surface area contributed by atoms with Crippen molar-refractivity contribution in [1.82, 2.24) is 0 Å². The van der Waals surface area contributed by atoms with Crippen LogP contribution in [0.2, 0.25) is 0 Å². The summed E-state index contributed by atoms with van der Waals surface area (Å²) < 4.78 is 0. The molecule has 1 heteroatoms. The lowest BCUT2D eigenvalue weighted by Gasteiger charge is -2.31. The van der Waals surface area contributed by atoms with Crippen LogP contribution in [0.4, 0.5) is 5.69 Å². The number of hydrogen-bond acceptors (Lipinski definition) is 1. The van der Waals surface area contributed by atoms with E-state index in [1.54, 1.807) is 0 Å². The lowest BCUT2D eigenvalue weighted by Crippen LogP contribution is -2.22. The lowest BCUT2D eigenvalue weighted by molar-refractivity contribution is 0.731. The van der Waals surface area contributed by atoms with Crippen LogP contribution in [0.3, 0.4) is 0 Å². The molecule has 1 aliphatic rings. The van der Waals surface area contributed by atoms with Gasteiger partial charge in [0.25, 0.3) is 0 Å². The Morgan fingerprint density at radius 3 is 2.00 bits per heavy atom. The minimum absolute atomic E-state index is 0.473. The Kier molecular flexibility index (Phi) is 13.1. The molecule has 0 bridgehead atoms. The van der Waals surface area contributed by atoms with Crippen LogP contribution in [0.5, 0.6) is 0 Å². The molecule has 2 aromatic carbocycles. The molecule has 0 saturated heterocycles. The fourth-order valence-electron chi connectivity index (χ4n) is 3.49. The summed E-state index contributed by atoms with van der Waals surface area (Å²) in [5.74, 6) is 1.31. The molecule has 3 rings (SSSR count). The van der Waals surface area contributed by atoms with Gasteiger partial charge in [0.15, 0.2) is 0 Å². The van der Waals surface area contributed by atoms with Gasteiger partial charge in [-0.1, -0.05) is 108 Å². The van der Waals surface area contributed by atoms with Gasteiger partial charge in [0.2, 0.25) is 0 Å². The van der Waals surface area contributed by atoms with Crippen molar-refractivity contribution in [1.29, 1.82) is 0 Å². The fourth-order valence-corrected chi connectivity index (χ4v) is 3.49. The minimum atomic E-state index is 0.473. The van der Waals surface area contributed by atoms with E-state index in [1.165, 1.54) is 28.2 Å². The lowest BCUT2D eigenvalue weighted by atomic mass is 9.94. The molecule has 0 amide bonds. The van der Waals surface area contributed by atoms with Crippen LogP contribution in [0.15, 0.2) is 90.3 Å². The van der Waals surface area contributed by atoms with E-state index in [1.807, 2.05) is 13.8 Å². The molecule has 2 aromatic rings. The van der Waals surface area contributed by atoms with Crippen LogP contribution in [0.1, 0.15) is 84.8 Å². The summed E-state index contributed by atoms with van der Waals surface area (Å²) in [5, 5.41) is 0. The number of benzene rings is 2. The number of nitrogens with zero attached hydrogens (tertiary/aromatic N) is 1. The first-order valence-corrected chi connectivity index (χ1v) is 12.4. The summed E-state index contributed by atoms with van der Waals surface area (Å²) >= 11 is 0. The van der Waals surface area contributed by atoms with E-state index in [0.29, 0.717) is 5.92 Å². The van der Waals surface area contributed by atoms with Crippen LogP contribution in [0, 0.1) is 12.8 Å². The summed E-state index contributed by atoms with van der Waals surface area (Å²) in [5.41, 5.74) is 6.58. The van der Waals surface area contributed by atoms with Gasteiger partial charge >= 0.3 is 0 Å². The molecule has 0 N–H and O–H groups in total. The third-order valence-corrected chi connectivity index (χ3v) is 5.03. The van der Waals surface area contributed by atoms with Gasteiger partial charge in [-0.3, -0.25) is 0 Å². The Bertz CT molecular complexity index is 835. The Hall–Kier alpha value is -2.54. The smallest absolute Gasteiger partial charge is 0.0458 e. The van der Waals surface area contributed by atoms with Gasteiger partial charge in [-0.05, 0) is 68.7 Å². The Labute approximate surface area is 198 Å². The largest absolute Gasteiger partial charge is 0.315 e. The Morgan fingerprint density at radius 1 is 0.906 bits per heavy atom. The van der Waals surface area contributed by atoms with Crippen molar-refractivity contribution in [3.8, 4) is 0 Å². The van der Waals surface area contributed by atoms with Crippen LogP contribution < -0.4 is 4.90 Å². The first-order chi connectivity index (χ1) is 15.4. The fraction of sp³-hybridized carbons (Fsp3) is 0.419. The molecule has 1 nitrogen and oxygen atoms in total. The van der Waals surface area contributed by atoms with Crippen LogP contribution in [-0.2, 0) is 0 Å². The molecule has 0 aromatic heterocycles. The molecule has 1 aliphatic carbocycles. The van der Waals surface area contributed by atoms with Crippen LogP contribution in [0.25, 0.3) is 0 Å². The second-order valence-corrected chi connectivity index (χ2v) is 8.81. The molecule has 0 radical (unpaired) electrons. The van der Waals surface area contributed by atoms with Gasteiger partial charge in [0.05, 0.1) is 0 Å². The van der Waals surface area contributed by atoms with E-state index in [9.17, 15) is 0 Å². The zero-order valence-corrected chi connectivity index (χ0v) is 21.7. The van der Waals surface area contributed by atoms with Gasteiger partial charge in [0, 0.05) is 17.1 Å². The van der Waals surface area contributed by atoms with Crippen molar-refractivity contribution >= 4 is 5.69 Å². The van der Waals surface area contributed by atoms with Crippen molar-refractivity contribution in [3.05, 3.63) is 101 Å². The highest BCUT2D eigenvalue weighted by Gasteiger charge is 2.18. The van der Waals surface area contributed by atoms with Crippen molar-refractivity contribution in [2.45, 2.75) is 80.6 Å². The highest BCUT2D eigenvalue weighted by atomic mass is 15.2. The summed E-state index contributed by atoms with van der Waals surface area (Å²) in [7, 11) is 0. The molecule has 1 unspecified atom stereocenters. The standard InChI is InChI=1S/C25H29N.C4H10.C2H6/c1-4-23(19-21(3)22-17-15-20(2)16-18-22)26(24-11-7-5-8-12-24)25-13-9-6-10-14-25;1-4(2)3;1-2/h4-5,7-9,11-18,21H,6,10,19H2,1-3H3;4H,1-3H3;1-2H3/b23-4+;;. The van der Waals surface area contributed by atoms with Crippen molar-refractivity contribution in [3.63, 3.8) is 0 Å². The van der Waals surface area contributed by atoms with Crippen molar-refractivity contribution in [2.75, 3.05) is 4.90 Å². The summed E-state index contributed by atoms with van der Waals surface area (Å²) in [6.45, 7) is 17.1. The molecule has 0 aliphatic heterocycles. The summed E-state index contributed by atoms with van der Waals surface area (Å²) in [4.78, 5) is 2.42. The Morgan fingerprint density at radius 2 is 1.50 bits per heavy atom. The average Bonchev–Trinajstić information content (AvgIpc) is 2.81.